The summed E-state index contributed by atoms with van der Waals surface area (Å²) in [5.41, 5.74) is 0.404. The maximum Gasteiger partial charge on any atom is 0.275 e. The molecule has 1 atom stereocenters. The fourth-order valence-corrected chi connectivity index (χ4v) is 1.41. The van der Waals surface area contributed by atoms with E-state index in [1.165, 1.54) is 6.07 Å². The van der Waals surface area contributed by atoms with Crippen LogP contribution in [-0.4, -0.2) is 11.5 Å². The second-order valence-corrected chi connectivity index (χ2v) is 3.33. The molecule has 16 heavy (non-hydrogen) atoms. The molecule has 1 aromatic rings. The number of hydrogen-bond acceptors (Lipinski definition) is 4. The molecule has 0 amide bonds. The molecule has 1 aromatic carbocycles. The van der Waals surface area contributed by atoms with Crippen LogP contribution in [0.15, 0.2) is 24.3 Å². The van der Waals surface area contributed by atoms with E-state index in [4.69, 9.17) is 5.26 Å². The van der Waals surface area contributed by atoms with Crippen LogP contribution in [0.5, 0.6) is 0 Å². The summed E-state index contributed by atoms with van der Waals surface area (Å²) in [4.78, 5) is 10.3. The molecule has 5 heteroatoms. The lowest BCUT2D eigenvalue weighted by Gasteiger charge is -2.10. The number of benzene rings is 1. The zero-order valence-corrected chi connectivity index (χ0v) is 9.01. The lowest BCUT2D eigenvalue weighted by atomic mass is 10.1. The van der Waals surface area contributed by atoms with Gasteiger partial charge < -0.3 is 0 Å². The molecule has 84 valence electrons. The normalized spacial score (nSPS) is 11.8. The minimum atomic E-state index is -0.624. The molecule has 0 aliphatic rings. The Morgan fingerprint density at radius 3 is 2.81 bits per heavy atom. The summed E-state index contributed by atoms with van der Waals surface area (Å²) in [6.07, 6.45) is 0.874. The molecule has 0 saturated carbocycles. The number of nitro groups is 1. The van der Waals surface area contributed by atoms with Gasteiger partial charge in [-0.25, -0.2) is 0 Å². The molecule has 1 N–H and O–H groups in total. The van der Waals surface area contributed by atoms with E-state index >= 15 is 0 Å². The number of nitro benzene ring substituents is 1. The molecule has 0 bridgehead atoms. The lowest BCUT2D eigenvalue weighted by molar-refractivity contribution is -0.385. The summed E-state index contributed by atoms with van der Waals surface area (Å²) in [5.74, 6) is 0. The highest BCUT2D eigenvalue weighted by molar-refractivity contribution is 5.44. The quantitative estimate of drug-likeness (QED) is 0.608. The van der Waals surface area contributed by atoms with Crippen LogP contribution in [0, 0.1) is 21.4 Å². The predicted molar refractivity (Wildman–Crippen MR) is 59.7 cm³/mol. The Balaban J connectivity index is 3.00. The molecule has 1 unspecified atom stereocenters. The highest BCUT2D eigenvalue weighted by Crippen LogP contribution is 2.24. The first-order valence-electron chi connectivity index (χ1n) is 5.07. The summed E-state index contributed by atoms with van der Waals surface area (Å²) in [6, 6.07) is 7.71. The lowest BCUT2D eigenvalue weighted by Crippen LogP contribution is -2.21. The van der Waals surface area contributed by atoms with Crippen molar-refractivity contribution >= 4 is 5.69 Å². The maximum atomic E-state index is 10.8. The molecule has 0 saturated heterocycles. The highest BCUT2D eigenvalue weighted by atomic mass is 16.6. The summed E-state index contributed by atoms with van der Waals surface area (Å²) >= 11 is 0. The van der Waals surface area contributed by atoms with Crippen LogP contribution in [0.3, 0.4) is 0 Å². The van der Waals surface area contributed by atoms with Crippen molar-refractivity contribution in [1.29, 1.82) is 5.26 Å². The van der Waals surface area contributed by atoms with E-state index in [0.29, 0.717) is 12.1 Å². The Hall–Kier alpha value is -1.93. The van der Waals surface area contributed by atoms with E-state index in [0.717, 1.165) is 6.42 Å². The molecule has 0 aliphatic carbocycles. The minimum absolute atomic E-state index is 0.0161. The van der Waals surface area contributed by atoms with E-state index in [9.17, 15) is 10.1 Å². The molecule has 0 aliphatic heterocycles. The van der Waals surface area contributed by atoms with Crippen molar-refractivity contribution in [3.63, 3.8) is 0 Å². The van der Waals surface area contributed by atoms with Crippen molar-refractivity contribution in [2.45, 2.75) is 19.4 Å². The number of hydrogen-bond donors (Lipinski definition) is 1. The van der Waals surface area contributed by atoms with Crippen LogP contribution in [0.2, 0.25) is 0 Å². The number of rotatable bonds is 5. The molecule has 0 aromatic heterocycles. The van der Waals surface area contributed by atoms with Crippen LogP contribution in [0.25, 0.3) is 0 Å². The smallest absolute Gasteiger partial charge is 0.275 e. The molecule has 0 spiro atoms. The standard InChI is InChI=1S/C11H13N3O2/c1-2-7-13-10(8-12)9-5-3-4-6-11(9)14(15)16/h3-6,10,13H,2,7H2,1H3. The summed E-state index contributed by atoms with van der Waals surface area (Å²) in [5, 5.41) is 22.7. The topological polar surface area (TPSA) is 79.0 Å². The van der Waals surface area contributed by atoms with Gasteiger partial charge in [0.1, 0.15) is 6.04 Å². The number of nitriles is 1. The average Bonchev–Trinajstić information content (AvgIpc) is 2.30. The van der Waals surface area contributed by atoms with Crippen LogP contribution in [0.4, 0.5) is 5.69 Å². The van der Waals surface area contributed by atoms with Crippen molar-refractivity contribution in [2.24, 2.45) is 0 Å². The summed E-state index contributed by atoms with van der Waals surface area (Å²) in [7, 11) is 0. The van der Waals surface area contributed by atoms with Crippen molar-refractivity contribution in [1.82, 2.24) is 5.32 Å². The highest BCUT2D eigenvalue weighted by Gasteiger charge is 2.20. The van der Waals surface area contributed by atoms with Gasteiger partial charge >= 0.3 is 0 Å². The van der Waals surface area contributed by atoms with Crippen molar-refractivity contribution in [2.75, 3.05) is 6.54 Å². The Morgan fingerprint density at radius 1 is 1.56 bits per heavy atom. The Morgan fingerprint density at radius 2 is 2.25 bits per heavy atom. The molecular formula is C11H13N3O2. The Bertz CT molecular complexity index is 412. The maximum absolute atomic E-state index is 10.8. The van der Waals surface area contributed by atoms with E-state index in [1.807, 2.05) is 13.0 Å². The van der Waals surface area contributed by atoms with E-state index in [1.54, 1.807) is 18.2 Å². The SMILES string of the molecule is CCCNC(C#N)c1ccccc1[N+](=O)[O-]. The van der Waals surface area contributed by atoms with Gasteiger partial charge in [0, 0.05) is 6.07 Å². The second-order valence-electron chi connectivity index (χ2n) is 3.33. The average molecular weight is 219 g/mol. The first-order valence-corrected chi connectivity index (χ1v) is 5.07. The van der Waals surface area contributed by atoms with E-state index in [2.05, 4.69) is 5.32 Å². The van der Waals surface area contributed by atoms with Crippen molar-refractivity contribution in [3.8, 4) is 6.07 Å². The number of nitrogens with one attached hydrogen (secondary N) is 1. The predicted octanol–water partition coefficient (Wildman–Crippen LogP) is 2.16. The van der Waals surface area contributed by atoms with Gasteiger partial charge in [0.05, 0.1) is 16.6 Å². The monoisotopic (exact) mass is 219 g/mol. The van der Waals surface area contributed by atoms with Crippen LogP contribution < -0.4 is 5.32 Å². The number of nitrogens with zero attached hydrogens (tertiary/aromatic N) is 2. The van der Waals surface area contributed by atoms with Crippen LogP contribution >= 0.6 is 0 Å². The molecule has 0 radical (unpaired) electrons. The van der Waals surface area contributed by atoms with Crippen molar-refractivity contribution in [3.05, 3.63) is 39.9 Å². The molecule has 0 fully saturated rings. The summed E-state index contributed by atoms with van der Waals surface area (Å²) < 4.78 is 0. The zero-order valence-electron chi connectivity index (χ0n) is 9.01. The van der Waals surface area contributed by atoms with Gasteiger partial charge in [0.2, 0.25) is 0 Å². The van der Waals surface area contributed by atoms with E-state index < -0.39 is 11.0 Å². The first-order chi connectivity index (χ1) is 7.70. The largest absolute Gasteiger partial charge is 0.298 e. The Labute approximate surface area is 93.9 Å². The van der Waals surface area contributed by atoms with Crippen LogP contribution in [-0.2, 0) is 0 Å². The van der Waals surface area contributed by atoms with Gasteiger partial charge in [0.15, 0.2) is 0 Å². The number of para-hydroxylation sites is 1. The van der Waals surface area contributed by atoms with E-state index in [-0.39, 0.29) is 5.69 Å². The van der Waals surface area contributed by atoms with Gasteiger partial charge in [-0.05, 0) is 19.0 Å². The third kappa shape index (κ3) is 2.78. The third-order valence-corrected chi connectivity index (χ3v) is 2.17. The first kappa shape index (κ1) is 12.1. The molecule has 0 heterocycles. The van der Waals surface area contributed by atoms with Gasteiger partial charge in [-0.15, -0.1) is 0 Å². The van der Waals surface area contributed by atoms with Gasteiger partial charge in [-0.1, -0.05) is 19.1 Å². The molecule has 5 nitrogen and oxygen atoms in total. The minimum Gasteiger partial charge on any atom is -0.298 e. The van der Waals surface area contributed by atoms with Gasteiger partial charge in [0.25, 0.3) is 5.69 Å². The zero-order chi connectivity index (χ0) is 12.0. The second kappa shape index (κ2) is 5.83. The Kier molecular flexibility index (Phi) is 4.42. The fraction of sp³-hybridized carbons (Fsp3) is 0.364. The van der Waals surface area contributed by atoms with Crippen molar-refractivity contribution < 1.29 is 4.92 Å². The fourth-order valence-electron chi connectivity index (χ4n) is 1.41. The molecule has 1 rings (SSSR count). The summed E-state index contributed by atoms with van der Waals surface area (Å²) in [6.45, 7) is 2.63. The van der Waals surface area contributed by atoms with Gasteiger partial charge in [-0.2, -0.15) is 5.26 Å². The van der Waals surface area contributed by atoms with Gasteiger partial charge in [-0.3, -0.25) is 15.4 Å². The van der Waals surface area contributed by atoms with Crippen LogP contribution in [0.1, 0.15) is 24.9 Å². The third-order valence-electron chi connectivity index (χ3n) is 2.17. The molecular weight excluding hydrogens is 206 g/mol.